The number of methoxy groups -OCH3 is 1. The molecule has 0 aliphatic carbocycles. The molecule has 5 rings (SSSR count). The smallest absolute Gasteiger partial charge is 0.269 e. The Balaban J connectivity index is 1.50. The highest BCUT2D eigenvalue weighted by Gasteiger charge is 2.23. The first-order valence-electron chi connectivity index (χ1n) is 12.6. The lowest BCUT2D eigenvalue weighted by Crippen LogP contribution is -2.25. The number of aromatic nitrogens is 2. The summed E-state index contributed by atoms with van der Waals surface area (Å²) < 4.78 is 7.47. The minimum Gasteiger partial charge on any atom is -0.497 e. The maximum absolute atomic E-state index is 13.2. The van der Waals surface area contributed by atoms with Crippen LogP contribution in [0.3, 0.4) is 0 Å². The monoisotopic (exact) mass is 520 g/mol. The number of hydrogen-bond acceptors (Lipinski definition) is 5. The molecule has 1 atom stereocenters. The molecule has 1 amide bonds. The van der Waals surface area contributed by atoms with Crippen molar-refractivity contribution in [1.29, 1.82) is 0 Å². The normalized spacial score (nSPS) is 11.7. The number of nitrogens with zero attached hydrogens (tertiary/aromatic N) is 3. The van der Waals surface area contributed by atoms with Gasteiger partial charge in [-0.3, -0.25) is 19.9 Å². The highest BCUT2D eigenvalue weighted by atomic mass is 16.6. The van der Waals surface area contributed by atoms with Crippen molar-refractivity contribution in [2.24, 2.45) is 0 Å². The average molecular weight is 521 g/mol. The Labute approximate surface area is 226 Å². The van der Waals surface area contributed by atoms with Crippen LogP contribution in [0.5, 0.6) is 5.75 Å². The summed E-state index contributed by atoms with van der Waals surface area (Å²) in [5, 5.41) is 15.3. The summed E-state index contributed by atoms with van der Waals surface area (Å²) in [7, 11) is 1.65. The van der Waals surface area contributed by atoms with E-state index in [-0.39, 0.29) is 23.9 Å². The maximum atomic E-state index is 13.2. The zero-order valence-electron chi connectivity index (χ0n) is 21.5. The number of ether oxygens (including phenoxy) is 1. The number of carbonyl (C=O) groups is 1. The van der Waals surface area contributed by atoms with Gasteiger partial charge in [0.25, 0.3) is 5.69 Å². The second-order valence-electron chi connectivity index (χ2n) is 9.32. The number of nitro groups is 1. The number of rotatable bonds is 10. The number of fused-ring (bicyclic) bond motifs is 1. The Kier molecular flexibility index (Phi) is 7.63. The maximum Gasteiger partial charge on any atom is 0.269 e. The van der Waals surface area contributed by atoms with E-state index in [1.807, 2.05) is 48.5 Å². The lowest BCUT2D eigenvalue weighted by atomic mass is 9.88. The first-order valence-corrected chi connectivity index (χ1v) is 12.6. The van der Waals surface area contributed by atoms with Crippen LogP contribution in [0.4, 0.5) is 5.69 Å². The third kappa shape index (κ3) is 5.96. The largest absolute Gasteiger partial charge is 0.497 e. The van der Waals surface area contributed by atoms with Gasteiger partial charge in [-0.15, -0.1) is 0 Å². The second-order valence-corrected chi connectivity index (χ2v) is 9.32. The van der Waals surface area contributed by atoms with E-state index in [1.54, 1.807) is 31.6 Å². The molecule has 0 fully saturated rings. The quantitative estimate of drug-likeness (QED) is 0.184. The molecule has 0 saturated heterocycles. The Morgan fingerprint density at radius 3 is 2.38 bits per heavy atom. The van der Waals surface area contributed by atoms with Gasteiger partial charge in [-0.25, -0.2) is 0 Å². The van der Waals surface area contributed by atoms with Crippen LogP contribution in [0, 0.1) is 10.1 Å². The SMILES string of the molecule is COc1ccc(Cn2cc([C@@H](CC(=O)NCc3ccncc3)c3ccc([N+](=O)[O-])cc3)c3ccccc32)cc1. The zero-order chi connectivity index (χ0) is 27.2. The van der Waals surface area contributed by atoms with Gasteiger partial charge < -0.3 is 14.6 Å². The Bertz CT molecular complexity index is 1580. The van der Waals surface area contributed by atoms with Crippen molar-refractivity contribution in [2.45, 2.75) is 25.4 Å². The number of amides is 1. The predicted molar refractivity (Wildman–Crippen MR) is 150 cm³/mol. The number of non-ortho nitro benzene ring substituents is 1. The van der Waals surface area contributed by atoms with Gasteiger partial charge in [-0.2, -0.15) is 0 Å². The molecule has 39 heavy (non-hydrogen) atoms. The molecule has 2 aromatic heterocycles. The summed E-state index contributed by atoms with van der Waals surface area (Å²) in [6, 6.07) is 26.3. The van der Waals surface area contributed by atoms with Crippen molar-refractivity contribution in [1.82, 2.24) is 14.9 Å². The fourth-order valence-electron chi connectivity index (χ4n) is 4.81. The minimum atomic E-state index is -0.416. The fraction of sp³-hybridized carbons (Fsp3) is 0.161. The van der Waals surface area contributed by atoms with Crippen molar-refractivity contribution in [3.63, 3.8) is 0 Å². The van der Waals surface area contributed by atoms with Crippen LogP contribution in [-0.4, -0.2) is 27.5 Å². The van der Waals surface area contributed by atoms with Crippen molar-refractivity contribution < 1.29 is 14.5 Å². The third-order valence-corrected chi connectivity index (χ3v) is 6.84. The van der Waals surface area contributed by atoms with Gasteiger partial charge in [0.15, 0.2) is 0 Å². The Morgan fingerprint density at radius 1 is 0.974 bits per heavy atom. The molecule has 8 nitrogen and oxygen atoms in total. The van der Waals surface area contributed by atoms with Gasteiger partial charge >= 0.3 is 0 Å². The van der Waals surface area contributed by atoms with Gasteiger partial charge in [0.05, 0.1) is 12.0 Å². The van der Waals surface area contributed by atoms with Crippen molar-refractivity contribution in [3.8, 4) is 5.75 Å². The lowest BCUT2D eigenvalue weighted by Gasteiger charge is -2.17. The molecule has 196 valence electrons. The standard InChI is InChI=1S/C31H28N4O4/c1-39-26-12-6-23(7-13-26)20-34-21-29(27-4-2-3-5-30(27)34)28(24-8-10-25(11-9-24)35(37)38)18-31(36)33-19-22-14-16-32-17-15-22/h2-17,21,28H,18-20H2,1H3,(H,33,36)/t28-/m0/s1. The highest BCUT2D eigenvalue weighted by molar-refractivity contribution is 5.87. The third-order valence-electron chi connectivity index (χ3n) is 6.84. The number of nitro benzene ring substituents is 1. The molecule has 3 aromatic carbocycles. The summed E-state index contributed by atoms with van der Waals surface area (Å²) in [6.07, 6.45) is 5.67. The highest BCUT2D eigenvalue weighted by Crippen LogP contribution is 2.36. The molecule has 5 aromatic rings. The summed E-state index contributed by atoms with van der Waals surface area (Å²) in [6.45, 7) is 1.04. The number of para-hydroxylation sites is 1. The van der Waals surface area contributed by atoms with E-state index in [9.17, 15) is 14.9 Å². The summed E-state index contributed by atoms with van der Waals surface area (Å²) in [4.78, 5) is 28.1. The predicted octanol–water partition coefficient (Wildman–Crippen LogP) is 5.84. The van der Waals surface area contributed by atoms with Gasteiger partial charge in [0.2, 0.25) is 5.91 Å². The van der Waals surface area contributed by atoms with Gasteiger partial charge in [-0.1, -0.05) is 42.5 Å². The first-order chi connectivity index (χ1) is 19.0. The van der Waals surface area contributed by atoms with Crippen LogP contribution in [0.15, 0.2) is 104 Å². The van der Waals surface area contributed by atoms with Crippen LogP contribution < -0.4 is 10.1 Å². The molecule has 0 aliphatic rings. The van der Waals surface area contributed by atoms with E-state index in [2.05, 4.69) is 33.2 Å². The molecule has 8 heteroatoms. The number of hydrogen-bond donors (Lipinski definition) is 1. The van der Waals surface area contributed by atoms with Gasteiger partial charge in [0.1, 0.15) is 5.75 Å². The molecule has 0 spiro atoms. The number of benzene rings is 3. The summed E-state index contributed by atoms with van der Waals surface area (Å²) >= 11 is 0. The number of pyridine rings is 1. The van der Waals surface area contributed by atoms with E-state index in [0.29, 0.717) is 13.1 Å². The number of carbonyl (C=O) groups excluding carboxylic acids is 1. The molecule has 2 heterocycles. The van der Waals surface area contributed by atoms with Crippen molar-refractivity contribution in [3.05, 3.63) is 136 Å². The van der Waals surface area contributed by atoms with Crippen molar-refractivity contribution >= 4 is 22.5 Å². The number of nitrogens with one attached hydrogen (secondary N) is 1. The van der Waals surface area contributed by atoms with E-state index in [0.717, 1.165) is 38.9 Å². The molecular weight excluding hydrogens is 492 g/mol. The average Bonchev–Trinajstić information content (AvgIpc) is 3.33. The molecule has 1 N–H and O–H groups in total. The molecule has 0 radical (unpaired) electrons. The van der Waals surface area contributed by atoms with E-state index < -0.39 is 4.92 Å². The lowest BCUT2D eigenvalue weighted by molar-refractivity contribution is -0.384. The zero-order valence-corrected chi connectivity index (χ0v) is 21.5. The topological polar surface area (TPSA) is 99.3 Å². The molecule has 0 bridgehead atoms. The van der Waals surface area contributed by atoms with Gasteiger partial charge in [0, 0.05) is 67.1 Å². The second kappa shape index (κ2) is 11.6. The fourth-order valence-corrected chi connectivity index (χ4v) is 4.81. The molecule has 0 unspecified atom stereocenters. The van der Waals surface area contributed by atoms with Crippen LogP contribution in [0.25, 0.3) is 10.9 Å². The molecular formula is C31H28N4O4. The van der Waals surface area contributed by atoms with Crippen LogP contribution in [0.2, 0.25) is 0 Å². The van der Waals surface area contributed by atoms with E-state index in [1.165, 1.54) is 12.1 Å². The van der Waals surface area contributed by atoms with Gasteiger partial charge in [-0.05, 0) is 52.6 Å². The summed E-state index contributed by atoms with van der Waals surface area (Å²) in [5.41, 5.74) is 4.97. The van der Waals surface area contributed by atoms with Crippen LogP contribution >= 0.6 is 0 Å². The van der Waals surface area contributed by atoms with E-state index >= 15 is 0 Å². The Morgan fingerprint density at radius 2 is 1.69 bits per heavy atom. The molecule has 0 aliphatic heterocycles. The van der Waals surface area contributed by atoms with Crippen molar-refractivity contribution in [2.75, 3.05) is 7.11 Å². The van der Waals surface area contributed by atoms with Crippen LogP contribution in [0.1, 0.15) is 34.6 Å². The summed E-state index contributed by atoms with van der Waals surface area (Å²) in [5.74, 6) is 0.389. The van der Waals surface area contributed by atoms with Crippen LogP contribution in [-0.2, 0) is 17.9 Å². The molecule has 0 saturated carbocycles. The van der Waals surface area contributed by atoms with E-state index in [4.69, 9.17) is 4.74 Å². The Hall–Kier alpha value is -4.98. The first kappa shape index (κ1) is 25.7. The minimum absolute atomic E-state index is 0.0153.